The highest BCUT2D eigenvalue weighted by Gasteiger charge is 2.43. The molecule has 2 fully saturated rings. The van der Waals surface area contributed by atoms with Crippen LogP contribution in [0.2, 0.25) is 0 Å². The number of nitrogens with one attached hydrogen (secondary N) is 1. The van der Waals surface area contributed by atoms with Gasteiger partial charge in [0.2, 0.25) is 0 Å². The van der Waals surface area contributed by atoms with Crippen molar-refractivity contribution in [2.45, 2.75) is 44.9 Å². The second-order valence-electron chi connectivity index (χ2n) is 7.92. The molecular formula is C21H28N4O3S. The minimum absolute atomic E-state index is 0.00607. The maximum Gasteiger partial charge on any atom is 0.252 e. The van der Waals surface area contributed by atoms with Gasteiger partial charge in [0.25, 0.3) is 5.91 Å². The lowest BCUT2D eigenvalue weighted by Gasteiger charge is -2.32. The third kappa shape index (κ3) is 5.01. The summed E-state index contributed by atoms with van der Waals surface area (Å²) >= 11 is 1.77. The summed E-state index contributed by atoms with van der Waals surface area (Å²) < 4.78 is 12.4. The monoisotopic (exact) mass is 416 g/mol. The summed E-state index contributed by atoms with van der Waals surface area (Å²) in [6.45, 7) is 8.58. The molecule has 1 amide bonds. The Bertz CT molecular complexity index is 844. The van der Waals surface area contributed by atoms with Crippen molar-refractivity contribution in [2.75, 3.05) is 32.8 Å². The summed E-state index contributed by atoms with van der Waals surface area (Å²) in [4.78, 5) is 24.6. The fourth-order valence-electron chi connectivity index (χ4n) is 4.11. The zero-order valence-corrected chi connectivity index (χ0v) is 17.8. The number of carbonyl (C=O) groups excluding carboxylic acids is 1. The summed E-state index contributed by atoms with van der Waals surface area (Å²) in [5.74, 6) is -0.113. The van der Waals surface area contributed by atoms with Crippen LogP contribution in [0, 0.1) is 13.8 Å². The van der Waals surface area contributed by atoms with Crippen molar-refractivity contribution in [3.8, 4) is 0 Å². The molecule has 0 saturated carbocycles. The molecule has 7 nitrogen and oxygen atoms in total. The Morgan fingerprint density at radius 3 is 3.10 bits per heavy atom. The summed E-state index contributed by atoms with van der Waals surface area (Å²) in [5.41, 5.74) is 1.39. The highest BCUT2D eigenvalue weighted by Crippen LogP contribution is 2.33. The number of pyridine rings is 1. The van der Waals surface area contributed by atoms with E-state index < -0.39 is 0 Å². The third-order valence-electron chi connectivity index (χ3n) is 5.55. The topological polar surface area (TPSA) is 76.6 Å². The van der Waals surface area contributed by atoms with Crippen molar-refractivity contribution in [3.63, 3.8) is 0 Å². The first-order chi connectivity index (χ1) is 14.0. The summed E-state index contributed by atoms with van der Waals surface area (Å²) in [6, 6.07) is 3.53. The smallest absolute Gasteiger partial charge is 0.252 e. The van der Waals surface area contributed by atoms with Gasteiger partial charge in [0, 0.05) is 43.4 Å². The van der Waals surface area contributed by atoms with Crippen molar-refractivity contribution in [3.05, 3.63) is 45.7 Å². The van der Waals surface area contributed by atoms with Gasteiger partial charge in [0.15, 0.2) is 0 Å². The van der Waals surface area contributed by atoms with Crippen molar-refractivity contribution in [1.29, 1.82) is 0 Å². The van der Waals surface area contributed by atoms with E-state index in [0.717, 1.165) is 43.2 Å². The quantitative estimate of drug-likeness (QED) is 0.806. The summed E-state index contributed by atoms with van der Waals surface area (Å²) in [5, 5.41) is 4.09. The molecule has 1 N–H and O–H groups in total. The zero-order valence-electron chi connectivity index (χ0n) is 17.0. The molecule has 1 spiro atoms. The van der Waals surface area contributed by atoms with Crippen LogP contribution in [0.15, 0.2) is 24.5 Å². The highest BCUT2D eigenvalue weighted by molar-refractivity contribution is 7.11. The van der Waals surface area contributed by atoms with E-state index in [9.17, 15) is 4.79 Å². The molecule has 0 aromatic carbocycles. The molecule has 4 heterocycles. The maximum atomic E-state index is 12.3. The van der Waals surface area contributed by atoms with Gasteiger partial charge in [0.1, 0.15) is 5.60 Å². The third-order valence-corrected chi connectivity index (χ3v) is 6.61. The molecule has 0 aliphatic carbocycles. The SMILES string of the molecule is Cc1nc(C)c(CN2CCOC[C@@]3(CC[C@H](CNC(=O)c4cccnc4)O3)C2)s1. The first-order valence-corrected chi connectivity index (χ1v) is 10.9. The van der Waals surface area contributed by atoms with Crippen molar-refractivity contribution >= 4 is 17.2 Å². The van der Waals surface area contributed by atoms with Gasteiger partial charge in [-0.25, -0.2) is 4.98 Å². The van der Waals surface area contributed by atoms with E-state index in [1.807, 2.05) is 0 Å². The molecule has 156 valence electrons. The van der Waals surface area contributed by atoms with Crippen LogP contribution in [0.3, 0.4) is 0 Å². The normalized spacial score (nSPS) is 25.2. The molecule has 0 radical (unpaired) electrons. The van der Waals surface area contributed by atoms with Gasteiger partial charge >= 0.3 is 0 Å². The van der Waals surface area contributed by atoms with Crippen molar-refractivity contribution < 1.29 is 14.3 Å². The number of aryl methyl sites for hydroxylation is 2. The van der Waals surface area contributed by atoms with Gasteiger partial charge in [-0.15, -0.1) is 11.3 Å². The van der Waals surface area contributed by atoms with Crippen molar-refractivity contribution in [2.24, 2.45) is 0 Å². The molecule has 2 atom stereocenters. The zero-order chi connectivity index (χ0) is 20.3. The number of amides is 1. The van der Waals surface area contributed by atoms with Gasteiger partial charge in [-0.05, 0) is 38.8 Å². The standard InChI is InChI=1S/C21H28N4O3S/c1-15-19(29-16(2)24-15)12-25-8-9-27-14-21(13-25)6-5-18(28-21)11-23-20(26)17-4-3-7-22-10-17/h3-4,7,10,18H,5-6,8-9,11-14H2,1-2H3,(H,23,26)/t18-,21-/m1/s1. The minimum Gasteiger partial charge on any atom is -0.377 e. The fraction of sp³-hybridized carbons (Fsp3) is 0.571. The average molecular weight is 417 g/mol. The van der Waals surface area contributed by atoms with E-state index in [0.29, 0.717) is 25.3 Å². The van der Waals surface area contributed by atoms with Gasteiger partial charge < -0.3 is 14.8 Å². The second kappa shape index (κ2) is 8.87. The van der Waals surface area contributed by atoms with Crippen LogP contribution in [0.5, 0.6) is 0 Å². The number of hydrogen-bond acceptors (Lipinski definition) is 7. The molecule has 0 unspecified atom stereocenters. The van der Waals surface area contributed by atoms with Gasteiger partial charge in [-0.3, -0.25) is 14.7 Å². The number of thiazole rings is 1. The van der Waals surface area contributed by atoms with Crippen LogP contribution in [0.1, 0.15) is 38.8 Å². The van der Waals surface area contributed by atoms with Crippen LogP contribution in [0.25, 0.3) is 0 Å². The molecule has 4 rings (SSSR count). The Balaban J connectivity index is 1.34. The predicted molar refractivity (Wildman–Crippen MR) is 111 cm³/mol. The number of nitrogens with zero attached hydrogens (tertiary/aromatic N) is 3. The second-order valence-corrected chi connectivity index (χ2v) is 9.21. The average Bonchev–Trinajstić information content (AvgIpc) is 3.18. The van der Waals surface area contributed by atoms with Crippen LogP contribution < -0.4 is 5.32 Å². The Morgan fingerprint density at radius 1 is 1.45 bits per heavy atom. The Morgan fingerprint density at radius 2 is 2.34 bits per heavy atom. The molecule has 29 heavy (non-hydrogen) atoms. The van der Waals surface area contributed by atoms with Crippen molar-refractivity contribution in [1.82, 2.24) is 20.2 Å². The molecular weight excluding hydrogens is 388 g/mol. The van der Waals surface area contributed by atoms with E-state index >= 15 is 0 Å². The maximum absolute atomic E-state index is 12.3. The number of carbonyl (C=O) groups is 1. The van der Waals surface area contributed by atoms with E-state index in [2.05, 4.69) is 34.0 Å². The largest absolute Gasteiger partial charge is 0.377 e. The number of hydrogen-bond donors (Lipinski definition) is 1. The van der Waals surface area contributed by atoms with Crippen LogP contribution in [-0.2, 0) is 16.0 Å². The molecule has 2 aliphatic rings. The molecule has 8 heteroatoms. The number of rotatable bonds is 5. The molecule has 2 aliphatic heterocycles. The molecule has 2 saturated heterocycles. The van der Waals surface area contributed by atoms with Gasteiger partial charge in [0.05, 0.1) is 35.6 Å². The molecule has 0 bridgehead atoms. The molecule has 2 aromatic rings. The van der Waals surface area contributed by atoms with Gasteiger partial charge in [-0.1, -0.05) is 0 Å². The lowest BCUT2D eigenvalue weighted by Crippen LogP contribution is -2.45. The van der Waals surface area contributed by atoms with Crippen LogP contribution in [0.4, 0.5) is 0 Å². The lowest BCUT2D eigenvalue weighted by atomic mass is 10.00. The van der Waals surface area contributed by atoms with E-state index in [4.69, 9.17) is 9.47 Å². The van der Waals surface area contributed by atoms with E-state index in [-0.39, 0.29) is 17.6 Å². The first-order valence-electron chi connectivity index (χ1n) is 10.1. The fourth-order valence-corrected chi connectivity index (χ4v) is 5.09. The van der Waals surface area contributed by atoms with Gasteiger partial charge in [-0.2, -0.15) is 0 Å². The highest BCUT2D eigenvalue weighted by atomic mass is 32.1. The Labute approximate surface area is 175 Å². The van der Waals surface area contributed by atoms with Crippen LogP contribution in [-0.4, -0.2) is 65.3 Å². The predicted octanol–water partition coefficient (Wildman–Crippen LogP) is 2.33. The number of ether oxygens (including phenoxy) is 2. The Hall–Kier alpha value is -1.87. The lowest BCUT2D eigenvalue weighted by molar-refractivity contribution is -0.0848. The molecule has 2 aromatic heterocycles. The minimum atomic E-state index is -0.298. The van der Waals surface area contributed by atoms with E-state index in [1.165, 1.54) is 4.88 Å². The van der Waals surface area contributed by atoms with Crippen LogP contribution >= 0.6 is 11.3 Å². The summed E-state index contributed by atoms with van der Waals surface area (Å²) in [7, 11) is 0. The summed E-state index contributed by atoms with van der Waals surface area (Å²) in [6.07, 6.45) is 5.10. The van der Waals surface area contributed by atoms with E-state index in [1.54, 1.807) is 35.9 Å². The Kier molecular flexibility index (Phi) is 6.24. The number of aromatic nitrogens is 2. The first kappa shape index (κ1) is 20.4.